The van der Waals surface area contributed by atoms with Crippen molar-refractivity contribution in [2.24, 2.45) is 12.0 Å². The Hall–Kier alpha value is -6.47. The fourth-order valence-corrected chi connectivity index (χ4v) is 12.3. The van der Waals surface area contributed by atoms with Crippen LogP contribution < -0.4 is 14.8 Å². The van der Waals surface area contributed by atoms with E-state index in [1.54, 1.807) is 42.3 Å². The number of hydrogen-bond donors (Lipinski definition) is 2. The molecule has 3 atom stereocenters. The number of halogens is 1. The van der Waals surface area contributed by atoms with Crippen LogP contribution in [0.5, 0.6) is 11.5 Å². The number of unbranched alkanes of at least 4 members (excludes halogenated alkanes) is 1. The van der Waals surface area contributed by atoms with E-state index in [4.69, 9.17) is 26.1 Å². The fourth-order valence-electron chi connectivity index (χ4n) is 9.41. The Labute approximate surface area is 415 Å². The van der Waals surface area contributed by atoms with Crippen LogP contribution in [0.25, 0.3) is 16.0 Å². The van der Waals surface area contributed by atoms with Crippen LogP contribution in [0.1, 0.15) is 106 Å². The number of carbonyl (C=O) groups is 2. The number of benzene rings is 4. The second-order valence-corrected chi connectivity index (χ2v) is 21.6. The molecule has 0 unspecified atom stereocenters. The SMILES string of the molecule is COc1cc([C@@H](CC(=O)O)c2ccc(C)c(CN3C[C@@H](C)Oc4cc(CCCCNC(=O)C[C@@H]5N=C(c6ccc(Cl)cc6)c6c(sc(C)c6C)-n6c(C)nnc65)ccc4S3(=O)=O)c2)cc2nnn(C)c12. The van der Waals surface area contributed by atoms with Gasteiger partial charge in [-0.3, -0.25) is 19.1 Å². The fraction of sp³-hybridized carbons (Fsp3) is 0.353. The van der Waals surface area contributed by atoms with Gasteiger partial charge in [-0.25, -0.2) is 13.1 Å². The third-order valence-electron chi connectivity index (χ3n) is 13.2. The molecular formula is C51H54ClN9O7S2. The van der Waals surface area contributed by atoms with E-state index in [9.17, 15) is 23.1 Å². The van der Waals surface area contributed by atoms with Gasteiger partial charge in [-0.2, -0.15) is 4.31 Å². The van der Waals surface area contributed by atoms with Gasteiger partial charge in [0.05, 0.1) is 32.2 Å². The second kappa shape index (κ2) is 19.7. The number of aromatic nitrogens is 6. The summed E-state index contributed by atoms with van der Waals surface area (Å²) in [6.45, 7) is 10.5. The van der Waals surface area contributed by atoms with E-state index in [0.29, 0.717) is 58.3 Å². The molecule has 4 aromatic carbocycles. The molecule has 0 saturated carbocycles. The van der Waals surface area contributed by atoms with Crippen molar-refractivity contribution in [3.8, 4) is 16.5 Å². The van der Waals surface area contributed by atoms with E-state index in [-0.39, 0.29) is 36.7 Å². The average molecular weight is 1000 g/mol. The summed E-state index contributed by atoms with van der Waals surface area (Å²) in [4.78, 5) is 32.3. The zero-order valence-corrected chi connectivity index (χ0v) is 42.4. The molecule has 0 fully saturated rings. The molecule has 2 N–H and O–H groups in total. The van der Waals surface area contributed by atoms with Gasteiger partial charge in [-0.15, -0.1) is 26.6 Å². The van der Waals surface area contributed by atoms with E-state index < -0.39 is 34.1 Å². The van der Waals surface area contributed by atoms with Crippen LogP contribution >= 0.6 is 22.9 Å². The van der Waals surface area contributed by atoms with Gasteiger partial charge in [-0.1, -0.05) is 53.2 Å². The largest absolute Gasteiger partial charge is 0.494 e. The number of carbonyl (C=O) groups excluding carboxylic acids is 1. The number of aliphatic imine (C=N–C) groups is 1. The van der Waals surface area contributed by atoms with Crippen molar-refractivity contribution in [2.75, 3.05) is 20.2 Å². The van der Waals surface area contributed by atoms with Gasteiger partial charge in [0.15, 0.2) is 5.82 Å². The summed E-state index contributed by atoms with van der Waals surface area (Å²) in [6.07, 6.45) is 1.48. The monoisotopic (exact) mass is 1000 g/mol. The summed E-state index contributed by atoms with van der Waals surface area (Å²) < 4.78 is 45.9. The molecule has 0 spiro atoms. The first-order chi connectivity index (χ1) is 33.5. The highest BCUT2D eigenvalue weighted by Crippen LogP contribution is 2.41. The van der Waals surface area contributed by atoms with Crippen LogP contribution in [-0.4, -0.2) is 91.5 Å². The standard InChI is InChI=1S/C51H54ClN9O7S2/c1-28-11-13-35(39(24-46(63)64)36-22-40-49(43(23-36)67-7)59(6)58-56-40)21-37(28)27-60-26-29(2)68-42-20-33(12-18-44(42)70(60,65)66)10-8-9-19-53-45(62)25-41-50-57-55-32(5)61(50)51-47(30(3)31(4)69-51)48(54-41)34-14-16-38(52)17-15-34/h11-18,20-23,29,39,41H,8-10,19,24-27H2,1-7H3,(H,53,62)(H,63,64)/t29-,39+,41+/m1/s1. The molecule has 9 rings (SSSR count). The number of amides is 1. The molecule has 0 radical (unpaired) electrons. The van der Waals surface area contributed by atoms with Gasteiger partial charge in [-0.05, 0) is 124 Å². The molecule has 364 valence electrons. The highest BCUT2D eigenvalue weighted by atomic mass is 35.5. The number of rotatable bonds is 15. The summed E-state index contributed by atoms with van der Waals surface area (Å²) >= 11 is 7.93. The van der Waals surface area contributed by atoms with E-state index >= 15 is 0 Å². The lowest BCUT2D eigenvalue weighted by atomic mass is 9.86. The molecular weight excluding hydrogens is 950 g/mol. The summed E-state index contributed by atoms with van der Waals surface area (Å²) in [5, 5.41) is 32.0. The summed E-state index contributed by atoms with van der Waals surface area (Å²) in [5.74, 6) is 0.438. The maximum absolute atomic E-state index is 14.4. The maximum atomic E-state index is 14.4. The number of carboxylic acids is 1. The van der Waals surface area contributed by atoms with Crippen molar-refractivity contribution in [3.05, 3.63) is 139 Å². The number of aliphatic carboxylic acids is 1. The van der Waals surface area contributed by atoms with Crippen molar-refractivity contribution in [1.82, 2.24) is 39.4 Å². The zero-order valence-electron chi connectivity index (χ0n) is 40.0. The summed E-state index contributed by atoms with van der Waals surface area (Å²) in [7, 11) is -0.713. The molecule has 1 amide bonds. The zero-order chi connectivity index (χ0) is 49.6. The molecule has 3 aromatic heterocycles. The van der Waals surface area contributed by atoms with Crippen molar-refractivity contribution in [3.63, 3.8) is 0 Å². The van der Waals surface area contributed by atoms with Crippen molar-refractivity contribution in [2.45, 2.75) is 96.2 Å². The van der Waals surface area contributed by atoms with Gasteiger partial charge < -0.3 is 19.9 Å². The van der Waals surface area contributed by atoms with E-state index in [1.807, 2.05) is 86.0 Å². The number of carboxylic acid groups (broad SMARTS) is 1. The quantitative estimate of drug-likeness (QED) is 0.0935. The maximum Gasteiger partial charge on any atom is 0.304 e. The third kappa shape index (κ3) is 9.56. The minimum absolute atomic E-state index is 0.0556. The highest BCUT2D eigenvalue weighted by molar-refractivity contribution is 7.89. The lowest BCUT2D eigenvalue weighted by Gasteiger charge is -2.24. The molecule has 16 nitrogen and oxygen atoms in total. The van der Waals surface area contributed by atoms with Gasteiger partial charge >= 0.3 is 5.97 Å². The highest BCUT2D eigenvalue weighted by Gasteiger charge is 2.35. The van der Waals surface area contributed by atoms with E-state index in [1.165, 1.54) is 9.18 Å². The number of sulfonamides is 1. The number of nitrogens with zero attached hydrogens (tertiary/aromatic N) is 8. The number of nitrogens with one attached hydrogen (secondary N) is 1. The van der Waals surface area contributed by atoms with Crippen LogP contribution in [0.2, 0.25) is 5.02 Å². The molecule has 5 heterocycles. The first kappa shape index (κ1) is 48.5. The van der Waals surface area contributed by atoms with Crippen LogP contribution in [0, 0.1) is 27.7 Å². The minimum Gasteiger partial charge on any atom is -0.494 e. The van der Waals surface area contributed by atoms with Crippen LogP contribution in [-0.2, 0) is 39.6 Å². The molecule has 19 heteroatoms. The van der Waals surface area contributed by atoms with Crippen LogP contribution in [0.3, 0.4) is 0 Å². The number of methoxy groups -OCH3 is 1. The van der Waals surface area contributed by atoms with Crippen LogP contribution in [0.15, 0.2) is 82.7 Å². The molecule has 2 aliphatic rings. The number of aryl methyl sites for hydroxylation is 5. The first-order valence-corrected chi connectivity index (χ1v) is 25.8. The predicted octanol–water partition coefficient (Wildman–Crippen LogP) is 8.51. The molecule has 0 bridgehead atoms. The Morgan fingerprint density at radius 1 is 0.986 bits per heavy atom. The third-order valence-corrected chi connectivity index (χ3v) is 16.5. The first-order valence-electron chi connectivity index (χ1n) is 23.1. The molecule has 0 saturated heterocycles. The van der Waals surface area contributed by atoms with E-state index in [0.717, 1.165) is 61.9 Å². The number of fused-ring (bicyclic) bond motifs is 5. The molecule has 0 aliphatic carbocycles. The lowest BCUT2D eigenvalue weighted by molar-refractivity contribution is -0.137. The van der Waals surface area contributed by atoms with Gasteiger partial charge in [0, 0.05) is 47.1 Å². The molecule has 2 aliphatic heterocycles. The Morgan fingerprint density at radius 2 is 1.77 bits per heavy atom. The van der Waals surface area contributed by atoms with Crippen molar-refractivity contribution >= 4 is 61.6 Å². The Bertz CT molecular complexity index is 3310. The predicted molar refractivity (Wildman–Crippen MR) is 268 cm³/mol. The minimum atomic E-state index is -4.02. The normalized spacial score (nSPS) is 16.8. The van der Waals surface area contributed by atoms with Crippen LogP contribution in [0.4, 0.5) is 0 Å². The second-order valence-electron chi connectivity index (χ2n) is 18.1. The Morgan fingerprint density at radius 3 is 2.53 bits per heavy atom. The summed E-state index contributed by atoms with van der Waals surface area (Å²) in [6, 6.07) is 21.6. The number of ether oxygens (including phenoxy) is 2. The Balaban J connectivity index is 0.859. The molecule has 70 heavy (non-hydrogen) atoms. The van der Waals surface area contributed by atoms with Gasteiger partial charge in [0.2, 0.25) is 15.9 Å². The van der Waals surface area contributed by atoms with Crippen molar-refractivity contribution < 1.29 is 32.6 Å². The Kier molecular flexibility index (Phi) is 13.7. The smallest absolute Gasteiger partial charge is 0.304 e. The van der Waals surface area contributed by atoms with Crippen molar-refractivity contribution in [1.29, 1.82) is 0 Å². The topological polar surface area (TPSA) is 196 Å². The average Bonchev–Trinajstić information content (AvgIpc) is 3.94. The van der Waals surface area contributed by atoms with E-state index in [2.05, 4.69) is 39.7 Å². The van der Waals surface area contributed by atoms with Gasteiger partial charge in [0.1, 0.15) is 50.4 Å². The number of hydrogen-bond acceptors (Lipinski definition) is 12. The lowest BCUT2D eigenvalue weighted by Crippen LogP contribution is -2.35. The summed E-state index contributed by atoms with van der Waals surface area (Å²) in [5.41, 5.74) is 9.00. The molecule has 7 aromatic rings. The van der Waals surface area contributed by atoms with Gasteiger partial charge in [0.25, 0.3) is 0 Å². The number of thiophene rings is 1.